The van der Waals surface area contributed by atoms with E-state index in [0.29, 0.717) is 28.3 Å². The number of halogens is 2. The minimum absolute atomic E-state index is 0.0473. The van der Waals surface area contributed by atoms with Crippen molar-refractivity contribution in [2.75, 3.05) is 13.7 Å². The van der Waals surface area contributed by atoms with Crippen LogP contribution in [0.15, 0.2) is 65.6 Å². The number of rotatable bonds is 8. The van der Waals surface area contributed by atoms with E-state index >= 15 is 0 Å². The van der Waals surface area contributed by atoms with E-state index in [9.17, 15) is 18.7 Å². The van der Waals surface area contributed by atoms with Crippen molar-refractivity contribution in [1.29, 1.82) is 0 Å². The van der Waals surface area contributed by atoms with Gasteiger partial charge in [0.05, 0.1) is 18.4 Å². The SMILES string of the molecule is COc1cc(-n2ccc(-c3ccc(OC(F)F)cc3)cc2=O)ccc1OCC(C)(C)O. The molecule has 0 spiro atoms. The second-order valence-electron chi connectivity index (χ2n) is 7.46. The summed E-state index contributed by atoms with van der Waals surface area (Å²) in [6.45, 7) is 0.458. The van der Waals surface area contributed by atoms with Gasteiger partial charge in [0.15, 0.2) is 11.5 Å². The third-order valence-electron chi connectivity index (χ3n) is 4.34. The van der Waals surface area contributed by atoms with Crippen molar-refractivity contribution < 1.29 is 28.1 Å². The first-order chi connectivity index (χ1) is 14.7. The quantitative estimate of drug-likeness (QED) is 0.577. The molecular formula is C23H23F2NO5. The monoisotopic (exact) mass is 431 g/mol. The molecule has 0 fully saturated rings. The van der Waals surface area contributed by atoms with E-state index in [1.165, 1.54) is 29.9 Å². The molecule has 1 aromatic heterocycles. The molecular weight excluding hydrogens is 408 g/mol. The Morgan fingerprint density at radius 3 is 2.29 bits per heavy atom. The molecule has 0 saturated heterocycles. The van der Waals surface area contributed by atoms with Crippen molar-refractivity contribution in [2.24, 2.45) is 0 Å². The van der Waals surface area contributed by atoms with E-state index in [2.05, 4.69) is 4.74 Å². The van der Waals surface area contributed by atoms with Crippen LogP contribution in [0, 0.1) is 0 Å². The molecule has 0 amide bonds. The highest BCUT2D eigenvalue weighted by Gasteiger charge is 2.16. The lowest BCUT2D eigenvalue weighted by Gasteiger charge is -2.19. The fourth-order valence-corrected chi connectivity index (χ4v) is 2.88. The summed E-state index contributed by atoms with van der Waals surface area (Å²) >= 11 is 0. The topological polar surface area (TPSA) is 69.9 Å². The Bertz CT molecular complexity index is 1090. The van der Waals surface area contributed by atoms with E-state index in [1.54, 1.807) is 56.4 Å². The number of methoxy groups -OCH3 is 1. The molecule has 0 radical (unpaired) electrons. The van der Waals surface area contributed by atoms with Gasteiger partial charge in [0.1, 0.15) is 12.4 Å². The van der Waals surface area contributed by atoms with Gasteiger partial charge in [-0.15, -0.1) is 0 Å². The highest BCUT2D eigenvalue weighted by molar-refractivity contribution is 5.64. The van der Waals surface area contributed by atoms with Crippen molar-refractivity contribution in [3.63, 3.8) is 0 Å². The van der Waals surface area contributed by atoms with Crippen LogP contribution in [0.3, 0.4) is 0 Å². The van der Waals surface area contributed by atoms with E-state index in [-0.39, 0.29) is 17.9 Å². The molecule has 3 aromatic rings. The van der Waals surface area contributed by atoms with Crippen LogP contribution in [0.4, 0.5) is 8.78 Å². The summed E-state index contributed by atoms with van der Waals surface area (Å²) in [7, 11) is 1.49. The second-order valence-corrected chi connectivity index (χ2v) is 7.46. The molecule has 1 heterocycles. The Morgan fingerprint density at radius 1 is 1.00 bits per heavy atom. The number of nitrogens with zero attached hydrogens (tertiary/aromatic N) is 1. The molecule has 3 rings (SSSR count). The van der Waals surface area contributed by atoms with Gasteiger partial charge in [-0.05, 0) is 55.3 Å². The fourth-order valence-electron chi connectivity index (χ4n) is 2.88. The van der Waals surface area contributed by atoms with Crippen molar-refractivity contribution in [3.05, 3.63) is 71.1 Å². The lowest BCUT2D eigenvalue weighted by Crippen LogP contribution is -2.28. The number of hydrogen-bond donors (Lipinski definition) is 1. The molecule has 0 aliphatic heterocycles. The number of aromatic nitrogens is 1. The summed E-state index contributed by atoms with van der Waals surface area (Å²) in [4.78, 5) is 12.7. The summed E-state index contributed by atoms with van der Waals surface area (Å²) < 4.78 is 41.3. The van der Waals surface area contributed by atoms with Crippen LogP contribution in [-0.2, 0) is 0 Å². The third-order valence-corrected chi connectivity index (χ3v) is 4.34. The number of hydrogen-bond acceptors (Lipinski definition) is 5. The maximum atomic E-state index is 12.7. The van der Waals surface area contributed by atoms with E-state index in [1.807, 2.05) is 0 Å². The first-order valence-electron chi connectivity index (χ1n) is 9.48. The average Bonchev–Trinajstić information content (AvgIpc) is 2.71. The Hall–Kier alpha value is -3.39. The van der Waals surface area contributed by atoms with Crippen LogP contribution in [0.2, 0.25) is 0 Å². The number of pyridine rings is 1. The fraction of sp³-hybridized carbons (Fsp3) is 0.261. The molecule has 0 aliphatic carbocycles. The molecule has 2 aromatic carbocycles. The van der Waals surface area contributed by atoms with E-state index in [4.69, 9.17) is 9.47 Å². The van der Waals surface area contributed by atoms with E-state index < -0.39 is 12.2 Å². The number of ether oxygens (including phenoxy) is 3. The highest BCUT2D eigenvalue weighted by atomic mass is 19.3. The summed E-state index contributed by atoms with van der Waals surface area (Å²) in [5, 5.41) is 9.83. The molecule has 0 atom stereocenters. The zero-order chi connectivity index (χ0) is 22.6. The van der Waals surface area contributed by atoms with E-state index in [0.717, 1.165) is 0 Å². The predicted molar refractivity (Wildman–Crippen MR) is 112 cm³/mol. The molecule has 0 bridgehead atoms. The van der Waals surface area contributed by atoms with Crippen molar-refractivity contribution >= 4 is 0 Å². The molecule has 164 valence electrons. The molecule has 0 aliphatic rings. The Morgan fingerprint density at radius 2 is 1.71 bits per heavy atom. The van der Waals surface area contributed by atoms with Crippen LogP contribution < -0.4 is 19.8 Å². The molecule has 0 unspecified atom stereocenters. The van der Waals surface area contributed by atoms with Gasteiger partial charge in [-0.25, -0.2) is 0 Å². The van der Waals surface area contributed by atoms with Gasteiger partial charge in [0.25, 0.3) is 5.56 Å². The zero-order valence-electron chi connectivity index (χ0n) is 17.3. The molecule has 6 nitrogen and oxygen atoms in total. The van der Waals surface area contributed by atoms with Crippen molar-refractivity contribution in [2.45, 2.75) is 26.1 Å². The molecule has 0 saturated carbocycles. The smallest absolute Gasteiger partial charge is 0.387 e. The Kier molecular flexibility index (Phi) is 6.60. The standard InChI is InChI=1S/C23H23F2NO5/c1-23(2,28)14-30-19-9-6-17(13-20(19)29-3)26-11-10-16(12-21(26)27)15-4-7-18(8-5-15)31-22(24)25/h4-13,22,28H,14H2,1-3H3. The van der Waals surface area contributed by atoms with Gasteiger partial charge in [0.2, 0.25) is 0 Å². The van der Waals surface area contributed by atoms with Crippen molar-refractivity contribution in [1.82, 2.24) is 4.57 Å². The lowest BCUT2D eigenvalue weighted by molar-refractivity contribution is -0.0498. The van der Waals surface area contributed by atoms with Crippen LogP contribution in [0.25, 0.3) is 16.8 Å². The first kappa shape index (κ1) is 22.3. The van der Waals surface area contributed by atoms with Crippen LogP contribution >= 0.6 is 0 Å². The van der Waals surface area contributed by atoms with Crippen LogP contribution in [0.5, 0.6) is 17.2 Å². The van der Waals surface area contributed by atoms with Crippen molar-refractivity contribution in [3.8, 4) is 34.1 Å². The maximum Gasteiger partial charge on any atom is 0.387 e. The summed E-state index contributed by atoms with van der Waals surface area (Å²) in [5.41, 5.74) is 0.628. The predicted octanol–water partition coefficient (Wildman–Crippen LogP) is 4.26. The van der Waals surface area contributed by atoms with Crippen LogP contribution in [-0.4, -0.2) is 35.6 Å². The summed E-state index contributed by atoms with van der Waals surface area (Å²) in [6, 6.07) is 14.3. The summed E-state index contributed by atoms with van der Waals surface area (Å²) in [5.74, 6) is 0.919. The van der Waals surface area contributed by atoms with Gasteiger partial charge in [-0.3, -0.25) is 9.36 Å². The van der Waals surface area contributed by atoms with Gasteiger partial charge in [0, 0.05) is 18.3 Å². The lowest BCUT2D eigenvalue weighted by atomic mass is 10.1. The zero-order valence-corrected chi connectivity index (χ0v) is 17.3. The Labute approximate surface area is 178 Å². The number of benzene rings is 2. The maximum absolute atomic E-state index is 12.7. The second kappa shape index (κ2) is 9.18. The van der Waals surface area contributed by atoms with Gasteiger partial charge in [-0.1, -0.05) is 12.1 Å². The normalized spacial score (nSPS) is 11.5. The number of aliphatic hydroxyl groups is 1. The third kappa shape index (κ3) is 5.82. The van der Waals surface area contributed by atoms with Gasteiger partial charge >= 0.3 is 6.61 Å². The average molecular weight is 431 g/mol. The molecule has 8 heteroatoms. The molecule has 1 N–H and O–H groups in total. The van der Waals surface area contributed by atoms with Crippen LogP contribution in [0.1, 0.15) is 13.8 Å². The van der Waals surface area contributed by atoms with Gasteiger partial charge < -0.3 is 19.3 Å². The first-order valence-corrected chi connectivity index (χ1v) is 9.48. The minimum Gasteiger partial charge on any atom is -0.493 e. The Balaban J connectivity index is 1.85. The molecule has 31 heavy (non-hydrogen) atoms. The number of alkyl halides is 2. The minimum atomic E-state index is -2.89. The largest absolute Gasteiger partial charge is 0.493 e. The van der Waals surface area contributed by atoms with Gasteiger partial charge in [-0.2, -0.15) is 8.78 Å². The summed E-state index contributed by atoms with van der Waals surface area (Å²) in [6.07, 6.45) is 1.62. The highest BCUT2D eigenvalue weighted by Crippen LogP contribution is 2.30.